The van der Waals surface area contributed by atoms with Crippen LogP contribution < -0.4 is 21.7 Å². The van der Waals surface area contributed by atoms with E-state index in [2.05, 4.69) is 25.9 Å². The zero-order chi connectivity index (χ0) is 15.2. The molecule has 0 saturated heterocycles. The number of amides is 3. The number of urea groups is 1. The Morgan fingerprint density at radius 1 is 1.10 bits per heavy atom. The van der Waals surface area contributed by atoms with Crippen LogP contribution in [0.25, 0.3) is 0 Å². The lowest BCUT2D eigenvalue weighted by Crippen LogP contribution is -2.24. The van der Waals surface area contributed by atoms with Crippen LogP contribution in [-0.2, 0) is 0 Å². The Kier molecular flexibility index (Phi) is 4.30. The van der Waals surface area contributed by atoms with Crippen molar-refractivity contribution >= 4 is 29.1 Å². The van der Waals surface area contributed by atoms with E-state index in [4.69, 9.17) is 5.73 Å². The van der Waals surface area contributed by atoms with Crippen LogP contribution in [0.3, 0.4) is 0 Å². The molecule has 1 heterocycles. The van der Waals surface area contributed by atoms with Crippen molar-refractivity contribution in [2.24, 2.45) is 0 Å². The molecule has 1 aromatic carbocycles. The number of hydrogen-bond donors (Lipinski definition) is 4. The van der Waals surface area contributed by atoms with Crippen LogP contribution in [0.5, 0.6) is 0 Å². The molecule has 0 aliphatic heterocycles. The number of nitrogens with zero attached hydrogens (tertiary/aromatic N) is 2. The summed E-state index contributed by atoms with van der Waals surface area (Å²) >= 11 is 0. The van der Waals surface area contributed by atoms with Crippen molar-refractivity contribution < 1.29 is 9.59 Å². The number of nitrogens with one attached hydrogen (secondary N) is 3. The minimum absolute atomic E-state index is 0.0437. The van der Waals surface area contributed by atoms with Crippen LogP contribution in [0, 0.1) is 0 Å². The Morgan fingerprint density at radius 2 is 1.76 bits per heavy atom. The van der Waals surface area contributed by atoms with E-state index < -0.39 is 5.91 Å². The van der Waals surface area contributed by atoms with Crippen molar-refractivity contribution in [3.05, 3.63) is 42.4 Å². The molecule has 5 N–H and O–H groups in total. The fourth-order valence-corrected chi connectivity index (χ4v) is 1.58. The normalized spacial score (nSPS) is 9.76. The van der Waals surface area contributed by atoms with Gasteiger partial charge in [0.05, 0.1) is 0 Å². The number of carbonyl (C=O) groups is 2. The third-order valence-corrected chi connectivity index (χ3v) is 2.55. The van der Waals surface area contributed by atoms with E-state index in [0.717, 1.165) is 0 Å². The van der Waals surface area contributed by atoms with Gasteiger partial charge in [0.2, 0.25) is 0 Å². The zero-order valence-electron chi connectivity index (χ0n) is 11.3. The lowest BCUT2D eigenvalue weighted by molar-refractivity contribution is 0.102. The monoisotopic (exact) mass is 286 g/mol. The molecule has 0 spiro atoms. The third-order valence-electron chi connectivity index (χ3n) is 2.55. The van der Waals surface area contributed by atoms with Gasteiger partial charge < -0.3 is 21.7 Å². The van der Waals surface area contributed by atoms with Crippen LogP contribution >= 0.6 is 0 Å². The number of hydrogen-bond acceptors (Lipinski definition) is 5. The van der Waals surface area contributed by atoms with Gasteiger partial charge in [-0.3, -0.25) is 4.79 Å². The highest BCUT2D eigenvalue weighted by Crippen LogP contribution is 2.16. The summed E-state index contributed by atoms with van der Waals surface area (Å²) in [5.41, 5.74) is 6.67. The summed E-state index contributed by atoms with van der Waals surface area (Å²) < 4.78 is 0. The van der Waals surface area contributed by atoms with E-state index in [1.807, 2.05) is 0 Å². The maximum Gasteiger partial charge on any atom is 0.318 e. The summed E-state index contributed by atoms with van der Waals surface area (Å²) in [4.78, 5) is 30.9. The molecule has 0 radical (unpaired) electrons. The molecule has 0 aliphatic carbocycles. The van der Waals surface area contributed by atoms with Crippen LogP contribution in [0.2, 0.25) is 0 Å². The van der Waals surface area contributed by atoms with Gasteiger partial charge in [0.15, 0.2) is 11.5 Å². The molecule has 0 fully saturated rings. The standard InChI is InChI=1S/C13H14N6O2/c1-15-13(21)19-9-4-2-3-8(7-9)18-12(20)10-11(14)17-6-5-16-10/h2-7H,1H3,(H2,14,17)(H,18,20)(H2,15,19,21). The SMILES string of the molecule is CNC(=O)Nc1cccc(NC(=O)c2nccnc2N)c1. The zero-order valence-corrected chi connectivity index (χ0v) is 11.3. The van der Waals surface area contributed by atoms with Crippen molar-refractivity contribution in [3.63, 3.8) is 0 Å². The summed E-state index contributed by atoms with van der Waals surface area (Å²) in [6.45, 7) is 0. The Bertz CT molecular complexity index is 673. The van der Waals surface area contributed by atoms with Gasteiger partial charge in [-0.1, -0.05) is 6.07 Å². The fraction of sp³-hybridized carbons (Fsp3) is 0.0769. The van der Waals surface area contributed by atoms with Crippen molar-refractivity contribution in [2.75, 3.05) is 23.4 Å². The Hall–Kier alpha value is -3.16. The molecule has 21 heavy (non-hydrogen) atoms. The van der Waals surface area contributed by atoms with E-state index in [-0.39, 0.29) is 17.5 Å². The molecule has 2 rings (SSSR count). The fourth-order valence-electron chi connectivity index (χ4n) is 1.58. The number of carbonyl (C=O) groups excluding carboxylic acids is 2. The quantitative estimate of drug-likeness (QED) is 0.672. The van der Waals surface area contributed by atoms with Crippen molar-refractivity contribution in [3.8, 4) is 0 Å². The van der Waals surface area contributed by atoms with Gasteiger partial charge >= 0.3 is 6.03 Å². The van der Waals surface area contributed by atoms with E-state index in [1.54, 1.807) is 24.3 Å². The van der Waals surface area contributed by atoms with Gasteiger partial charge in [0, 0.05) is 30.8 Å². The smallest absolute Gasteiger partial charge is 0.318 e. The van der Waals surface area contributed by atoms with E-state index in [9.17, 15) is 9.59 Å². The second kappa shape index (κ2) is 6.33. The van der Waals surface area contributed by atoms with Gasteiger partial charge in [-0.15, -0.1) is 0 Å². The molecule has 3 amide bonds. The Labute approximate surface area is 120 Å². The molecule has 0 unspecified atom stereocenters. The molecule has 1 aromatic heterocycles. The molecule has 0 saturated carbocycles. The van der Waals surface area contributed by atoms with Crippen molar-refractivity contribution in [2.45, 2.75) is 0 Å². The number of aromatic nitrogens is 2. The number of nitrogens with two attached hydrogens (primary N) is 1. The molecule has 0 aliphatic rings. The largest absolute Gasteiger partial charge is 0.382 e. The molecule has 2 aromatic rings. The molecular formula is C13H14N6O2. The molecular weight excluding hydrogens is 272 g/mol. The summed E-state index contributed by atoms with van der Waals surface area (Å²) in [7, 11) is 1.51. The topological polar surface area (TPSA) is 122 Å². The Balaban J connectivity index is 2.13. The minimum atomic E-state index is -0.474. The van der Waals surface area contributed by atoms with Gasteiger partial charge in [-0.25, -0.2) is 14.8 Å². The first-order chi connectivity index (χ1) is 10.1. The van der Waals surface area contributed by atoms with Gasteiger partial charge in [-0.05, 0) is 18.2 Å². The van der Waals surface area contributed by atoms with Crippen LogP contribution in [0.1, 0.15) is 10.5 Å². The van der Waals surface area contributed by atoms with Gasteiger partial charge in [-0.2, -0.15) is 0 Å². The minimum Gasteiger partial charge on any atom is -0.382 e. The van der Waals surface area contributed by atoms with Gasteiger partial charge in [0.25, 0.3) is 5.91 Å². The number of benzene rings is 1. The number of anilines is 3. The first-order valence-corrected chi connectivity index (χ1v) is 6.07. The average molecular weight is 286 g/mol. The maximum atomic E-state index is 12.0. The van der Waals surface area contributed by atoms with Crippen LogP contribution in [0.4, 0.5) is 22.0 Å². The van der Waals surface area contributed by atoms with Gasteiger partial charge in [0.1, 0.15) is 0 Å². The molecule has 0 bridgehead atoms. The number of rotatable bonds is 3. The van der Waals surface area contributed by atoms with E-state index in [0.29, 0.717) is 11.4 Å². The van der Waals surface area contributed by atoms with E-state index in [1.165, 1.54) is 19.4 Å². The molecule has 108 valence electrons. The third kappa shape index (κ3) is 3.66. The summed E-state index contributed by atoms with van der Waals surface area (Å²) in [5.74, 6) is -0.424. The molecule has 0 atom stereocenters. The first kappa shape index (κ1) is 14.3. The Morgan fingerprint density at radius 3 is 2.43 bits per heavy atom. The van der Waals surface area contributed by atoms with Crippen LogP contribution in [-0.4, -0.2) is 29.0 Å². The highest BCUT2D eigenvalue weighted by molar-refractivity contribution is 6.06. The van der Waals surface area contributed by atoms with Crippen molar-refractivity contribution in [1.29, 1.82) is 0 Å². The predicted octanol–water partition coefficient (Wildman–Crippen LogP) is 1.06. The average Bonchev–Trinajstić information content (AvgIpc) is 2.47. The van der Waals surface area contributed by atoms with E-state index >= 15 is 0 Å². The summed E-state index contributed by atoms with van der Waals surface area (Å²) in [6.07, 6.45) is 2.79. The van der Waals surface area contributed by atoms with Crippen LogP contribution in [0.15, 0.2) is 36.7 Å². The number of nitrogen functional groups attached to an aromatic ring is 1. The lowest BCUT2D eigenvalue weighted by Gasteiger charge is -2.08. The summed E-state index contributed by atoms with van der Waals surface area (Å²) in [5, 5.41) is 7.67. The highest BCUT2D eigenvalue weighted by Gasteiger charge is 2.12. The molecule has 8 heteroatoms. The second-order valence-corrected chi connectivity index (χ2v) is 4.03. The first-order valence-electron chi connectivity index (χ1n) is 6.07. The van der Waals surface area contributed by atoms with Crippen molar-refractivity contribution in [1.82, 2.24) is 15.3 Å². The maximum absolute atomic E-state index is 12.0. The lowest BCUT2D eigenvalue weighted by atomic mass is 10.2. The predicted molar refractivity (Wildman–Crippen MR) is 78.9 cm³/mol. The molecule has 8 nitrogen and oxygen atoms in total. The highest BCUT2D eigenvalue weighted by atomic mass is 16.2. The summed E-state index contributed by atoms with van der Waals surface area (Å²) in [6, 6.07) is 6.33. The second-order valence-electron chi connectivity index (χ2n) is 4.03.